The molecule has 0 unspecified atom stereocenters. The maximum Gasteiger partial charge on any atom is 0.216 e. The van der Waals surface area contributed by atoms with Crippen LogP contribution in [0.25, 0.3) is 0 Å². The summed E-state index contributed by atoms with van der Waals surface area (Å²) in [5, 5.41) is 6.99. The van der Waals surface area contributed by atoms with E-state index in [-0.39, 0.29) is 5.84 Å². The van der Waals surface area contributed by atoms with Crippen LogP contribution in [-0.2, 0) is 9.47 Å². The summed E-state index contributed by atoms with van der Waals surface area (Å²) in [6.45, 7) is 4.67. The number of nitrogens with two attached hydrogens (primary N) is 1. The normalized spacial score (nSPS) is 9.44. The number of ether oxygens (including phenoxy) is 2. The first-order valence-electron chi connectivity index (χ1n) is 5.29. The smallest absolute Gasteiger partial charge is 0.216 e. The zero-order valence-electron chi connectivity index (χ0n) is 9.85. The lowest BCUT2D eigenvalue weighted by atomic mass is 10.4. The molecule has 0 heterocycles. The van der Waals surface area contributed by atoms with Gasteiger partial charge in [0.2, 0.25) is 6.29 Å². The van der Waals surface area contributed by atoms with Crippen LogP contribution in [0.1, 0.15) is 13.8 Å². The first kappa shape index (κ1) is 14.6. The number of benzene rings is 1. The van der Waals surface area contributed by atoms with Crippen LogP contribution in [0.3, 0.4) is 0 Å². The lowest BCUT2D eigenvalue weighted by Crippen LogP contribution is -2.33. The van der Waals surface area contributed by atoms with Gasteiger partial charge < -0.3 is 15.2 Å². The molecular weight excluding hydrogens is 204 g/mol. The van der Waals surface area contributed by atoms with Crippen LogP contribution in [-0.4, -0.2) is 25.3 Å². The summed E-state index contributed by atoms with van der Waals surface area (Å²) in [5.74, 6) is -0.0799. The van der Waals surface area contributed by atoms with E-state index in [4.69, 9.17) is 20.6 Å². The van der Waals surface area contributed by atoms with Gasteiger partial charge in [-0.3, -0.25) is 5.41 Å². The Morgan fingerprint density at radius 2 is 1.31 bits per heavy atom. The molecule has 0 radical (unpaired) electrons. The molecule has 0 aliphatic rings. The van der Waals surface area contributed by atoms with E-state index in [0.717, 1.165) is 0 Å². The van der Waals surface area contributed by atoms with Crippen molar-refractivity contribution in [3.05, 3.63) is 36.4 Å². The summed E-state index contributed by atoms with van der Waals surface area (Å²) in [4.78, 5) is 0. The zero-order chi connectivity index (χ0) is 12.2. The van der Waals surface area contributed by atoms with Gasteiger partial charge in [-0.2, -0.15) is 0 Å². The van der Waals surface area contributed by atoms with Crippen molar-refractivity contribution < 1.29 is 9.47 Å². The van der Waals surface area contributed by atoms with Gasteiger partial charge in [0.15, 0.2) is 0 Å². The largest absolute Gasteiger partial charge is 0.383 e. The van der Waals surface area contributed by atoms with Gasteiger partial charge in [-0.1, -0.05) is 36.4 Å². The van der Waals surface area contributed by atoms with E-state index in [0.29, 0.717) is 13.2 Å². The Labute approximate surface area is 96.9 Å². The highest BCUT2D eigenvalue weighted by atomic mass is 16.7. The lowest BCUT2D eigenvalue weighted by Gasteiger charge is -2.14. The molecule has 0 aromatic heterocycles. The Morgan fingerprint density at radius 3 is 1.50 bits per heavy atom. The summed E-state index contributed by atoms with van der Waals surface area (Å²) in [6.07, 6.45) is -0.657. The van der Waals surface area contributed by atoms with E-state index in [9.17, 15) is 0 Å². The summed E-state index contributed by atoms with van der Waals surface area (Å²) in [6, 6.07) is 12.0. The van der Waals surface area contributed by atoms with Gasteiger partial charge in [0, 0.05) is 13.2 Å². The third kappa shape index (κ3) is 7.96. The van der Waals surface area contributed by atoms with Crippen LogP contribution in [0.2, 0.25) is 0 Å². The predicted octanol–water partition coefficient (Wildman–Crippen LogP) is 2.01. The van der Waals surface area contributed by atoms with E-state index in [1.165, 1.54) is 0 Å². The Morgan fingerprint density at radius 1 is 1.00 bits per heavy atom. The molecule has 0 fully saturated rings. The maximum atomic E-state index is 6.99. The molecule has 0 atom stereocenters. The molecule has 0 saturated heterocycles. The van der Waals surface area contributed by atoms with Crippen molar-refractivity contribution in [2.24, 2.45) is 5.73 Å². The molecule has 4 heteroatoms. The van der Waals surface area contributed by atoms with Crippen molar-refractivity contribution in [3.8, 4) is 0 Å². The summed E-state index contributed by atoms with van der Waals surface area (Å²) >= 11 is 0. The predicted molar refractivity (Wildman–Crippen MR) is 65.4 cm³/mol. The molecule has 16 heavy (non-hydrogen) atoms. The van der Waals surface area contributed by atoms with Crippen molar-refractivity contribution in [1.29, 1.82) is 5.41 Å². The second-order valence-corrected chi connectivity index (χ2v) is 2.85. The van der Waals surface area contributed by atoms with Crippen molar-refractivity contribution in [2.45, 2.75) is 20.1 Å². The molecule has 0 bridgehead atoms. The average Bonchev–Trinajstić information content (AvgIpc) is 2.32. The lowest BCUT2D eigenvalue weighted by molar-refractivity contribution is -0.0911. The SMILES string of the molecule is CCOC(OCC)C(=N)N.c1ccccc1. The molecule has 4 nitrogen and oxygen atoms in total. The minimum Gasteiger partial charge on any atom is -0.383 e. The first-order valence-corrected chi connectivity index (χ1v) is 5.29. The average molecular weight is 224 g/mol. The van der Waals surface area contributed by atoms with E-state index < -0.39 is 6.29 Å². The molecule has 0 aliphatic heterocycles. The monoisotopic (exact) mass is 224 g/mol. The Hall–Kier alpha value is -1.39. The number of hydrogen-bond donors (Lipinski definition) is 2. The molecule has 90 valence electrons. The molecule has 0 saturated carbocycles. The van der Waals surface area contributed by atoms with Gasteiger partial charge in [0.1, 0.15) is 5.84 Å². The molecule has 1 aromatic rings. The van der Waals surface area contributed by atoms with Gasteiger partial charge in [-0.15, -0.1) is 0 Å². The van der Waals surface area contributed by atoms with Gasteiger partial charge in [-0.05, 0) is 13.8 Å². The van der Waals surface area contributed by atoms with Gasteiger partial charge in [-0.25, -0.2) is 0 Å². The Kier molecular flexibility index (Phi) is 9.26. The van der Waals surface area contributed by atoms with Crippen LogP contribution in [0.4, 0.5) is 0 Å². The minimum absolute atomic E-state index is 0.0799. The number of amidine groups is 1. The van der Waals surface area contributed by atoms with Crippen LogP contribution in [0.5, 0.6) is 0 Å². The number of nitrogens with one attached hydrogen (secondary N) is 1. The molecule has 0 aliphatic carbocycles. The third-order valence-corrected chi connectivity index (χ3v) is 1.56. The van der Waals surface area contributed by atoms with Crippen LogP contribution >= 0.6 is 0 Å². The molecule has 1 rings (SSSR count). The van der Waals surface area contributed by atoms with Crippen molar-refractivity contribution >= 4 is 5.84 Å². The topological polar surface area (TPSA) is 68.3 Å². The summed E-state index contributed by atoms with van der Waals surface area (Å²) < 4.78 is 9.94. The van der Waals surface area contributed by atoms with Crippen LogP contribution in [0.15, 0.2) is 36.4 Å². The molecule has 3 N–H and O–H groups in total. The summed E-state index contributed by atoms with van der Waals surface area (Å²) in [7, 11) is 0. The van der Waals surface area contributed by atoms with Crippen molar-refractivity contribution in [1.82, 2.24) is 0 Å². The Balaban J connectivity index is 0.000000315. The van der Waals surface area contributed by atoms with E-state index in [1.54, 1.807) is 0 Å². The number of rotatable bonds is 5. The third-order valence-electron chi connectivity index (χ3n) is 1.56. The highest BCUT2D eigenvalue weighted by molar-refractivity contribution is 5.80. The van der Waals surface area contributed by atoms with Gasteiger partial charge in [0.25, 0.3) is 0 Å². The van der Waals surface area contributed by atoms with E-state index in [1.807, 2.05) is 50.2 Å². The second-order valence-electron chi connectivity index (χ2n) is 2.85. The highest BCUT2D eigenvalue weighted by Crippen LogP contribution is 1.92. The molecule has 0 amide bonds. The molecular formula is C12H20N2O2. The standard InChI is InChI=1S/C6H14N2O2.C6H6/c1-3-9-6(5(7)8)10-4-2;1-2-4-6-5-3-1/h6H,3-4H2,1-2H3,(H3,7,8);1-6H. The maximum absolute atomic E-state index is 6.99. The van der Waals surface area contributed by atoms with Gasteiger partial charge >= 0.3 is 0 Å². The molecule has 1 aromatic carbocycles. The quantitative estimate of drug-likeness (QED) is 0.456. The van der Waals surface area contributed by atoms with Crippen molar-refractivity contribution in [3.63, 3.8) is 0 Å². The fraction of sp³-hybridized carbons (Fsp3) is 0.417. The minimum atomic E-state index is -0.657. The first-order chi connectivity index (χ1) is 7.72. The summed E-state index contributed by atoms with van der Waals surface area (Å²) in [5.41, 5.74) is 5.14. The zero-order valence-corrected chi connectivity index (χ0v) is 9.85. The number of hydrogen-bond acceptors (Lipinski definition) is 3. The Bertz CT molecular complexity index is 232. The van der Waals surface area contributed by atoms with Crippen LogP contribution in [0, 0.1) is 5.41 Å². The van der Waals surface area contributed by atoms with Crippen LogP contribution < -0.4 is 5.73 Å². The fourth-order valence-electron chi connectivity index (χ4n) is 0.915. The van der Waals surface area contributed by atoms with Crippen molar-refractivity contribution in [2.75, 3.05) is 13.2 Å². The molecule has 0 spiro atoms. The van der Waals surface area contributed by atoms with E-state index >= 15 is 0 Å². The fourth-order valence-corrected chi connectivity index (χ4v) is 0.915. The second kappa shape index (κ2) is 10.1. The van der Waals surface area contributed by atoms with E-state index in [2.05, 4.69) is 0 Å². The van der Waals surface area contributed by atoms with Gasteiger partial charge in [0.05, 0.1) is 0 Å². The highest BCUT2D eigenvalue weighted by Gasteiger charge is 2.09.